The molecule has 3 amide bonds. The molecule has 2 N–H and O–H groups in total. The van der Waals surface area contributed by atoms with E-state index < -0.39 is 41.6 Å². The van der Waals surface area contributed by atoms with Crippen molar-refractivity contribution in [3.63, 3.8) is 0 Å². The van der Waals surface area contributed by atoms with Gasteiger partial charge in [0.15, 0.2) is 6.23 Å². The number of ether oxygens (including phenoxy) is 3. The summed E-state index contributed by atoms with van der Waals surface area (Å²) >= 11 is 0. The molecule has 3 atom stereocenters. The van der Waals surface area contributed by atoms with Crippen LogP contribution in [0.15, 0.2) is 42.8 Å². The highest BCUT2D eigenvalue weighted by molar-refractivity contribution is 5.94. The van der Waals surface area contributed by atoms with Crippen LogP contribution in [0, 0.1) is 0 Å². The molecular weight excluding hydrogens is 478 g/mol. The number of carbonyl (C=O) groups is 3. The first-order valence-corrected chi connectivity index (χ1v) is 12.4. The van der Waals surface area contributed by atoms with Crippen LogP contribution >= 0.6 is 0 Å². The Labute approximate surface area is 220 Å². The first-order chi connectivity index (χ1) is 17.3. The minimum atomic E-state index is -1.60. The van der Waals surface area contributed by atoms with Crippen LogP contribution in [0.5, 0.6) is 0 Å². The maximum absolute atomic E-state index is 13.9. The van der Waals surface area contributed by atoms with Crippen molar-refractivity contribution in [2.75, 3.05) is 20.2 Å². The molecule has 37 heavy (non-hydrogen) atoms. The third kappa shape index (κ3) is 10.0. The average molecular weight is 522 g/mol. The lowest BCUT2D eigenvalue weighted by molar-refractivity contribution is -0.168. The van der Waals surface area contributed by atoms with Crippen LogP contribution < -0.4 is 5.32 Å². The van der Waals surface area contributed by atoms with Gasteiger partial charge < -0.3 is 24.6 Å². The number of esters is 1. The average Bonchev–Trinajstić information content (AvgIpc) is 2.82. The maximum Gasteiger partial charge on any atom is 0.332 e. The Bertz CT molecular complexity index is 882. The van der Waals surface area contributed by atoms with Crippen molar-refractivity contribution in [1.29, 1.82) is 0 Å². The van der Waals surface area contributed by atoms with E-state index in [2.05, 4.69) is 5.32 Å². The summed E-state index contributed by atoms with van der Waals surface area (Å²) < 4.78 is 17.3. The highest BCUT2D eigenvalue weighted by Crippen LogP contribution is 2.26. The largest absolute Gasteiger partial charge is 0.477 e. The van der Waals surface area contributed by atoms with E-state index in [4.69, 9.17) is 14.2 Å². The zero-order valence-corrected chi connectivity index (χ0v) is 23.3. The second kappa shape index (κ2) is 14.6. The number of benzene rings is 1. The Kier molecular flexibility index (Phi) is 12.6. The van der Waals surface area contributed by atoms with Gasteiger partial charge in [-0.3, -0.25) is 14.6 Å². The molecule has 0 bridgehead atoms. The number of amides is 3. The predicted octanol–water partition coefficient (Wildman–Crippen LogP) is 3.57. The molecule has 208 valence electrons. The first-order valence-electron chi connectivity index (χ1n) is 12.4. The van der Waals surface area contributed by atoms with Crippen molar-refractivity contribution in [3.8, 4) is 0 Å². The molecule has 0 fully saturated rings. The molecule has 0 aliphatic heterocycles. The number of rotatable bonds is 14. The molecule has 1 aromatic carbocycles. The molecular formula is C27H43N3O7. The topological polar surface area (TPSA) is 118 Å². The van der Waals surface area contributed by atoms with Crippen LogP contribution in [-0.4, -0.2) is 77.0 Å². The lowest BCUT2D eigenvalue weighted by Gasteiger charge is -2.40. The van der Waals surface area contributed by atoms with Gasteiger partial charge in [-0.05, 0) is 47.1 Å². The number of carbonyl (C=O) groups excluding carboxylic acids is 3. The lowest BCUT2D eigenvalue weighted by Crippen LogP contribution is -2.60. The van der Waals surface area contributed by atoms with E-state index in [9.17, 15) is 19.5 Å². The second-order valence-corrected chi connectivity index (χ2v) is 10.1. The van der Waals surface area contributed by atoms with Gasteiger partial charge in [-0.1, -0.05) is 37.3 Å². The van der Waals surface area contributed by atoms with Crippen molar-refractivity contribution in [3.05, 3.63) is 48.4 Å². The highest BCUT2D eigenvalue weighted by Gasteiger charge is 2.44. The molecule has 10 nitrogen and oxygen atoms in total. The number of aliphatic hydroxyl groups excluding tert-OH is 1. The summed E-state index contributed by atoms with van der Waals surface area (Å²) in [6.45, 7) is 11.5. The molecule has 0 saturated heterocycles. The molecule has 10 heteroatoms. The Balaban J connectivity index is 3.47. The van der Waals surface area contributed by atoms with Crippen LogP contribution in [0.25, 0.3) is 0 Å². The third-order valence-corrected chi connectivity index (χ3v) is 5.30. The standard InChI is InChI=1S/C27H43N3O7/c1-9-23(35-16-15-28-8)29(17-22(36-18-20(2)32)21-13-11-10-12-14-21)25(34)30(19-31)27(6,7)24(33)37-26(3,4)5/h10-16,19-20,22-23,28,32H,9,17-18H2,1-8H3/b16-15-/t20?,22-,23?/m0/s1. The van der Waals surface area contributed by atoms with Gasteiger partial charge in [0.2, 0.25) is 6.41 Å². The summed E-state index contributed by atoms with van der Waals surface area (Å²) in [7, 11) is 1.70. The minimum Gasteiger partial charge on any atom is -0.477 e. The Hall–Kier alpha value is -3.11. The van der Waals surface area contributed by atoms with E-state index in [1.807, 2.05) is 37.3 Å². The summed E-state index contributed by atoms with van der Waals surface area (Å²) in [5, 5.41) is 12.6. The van der Waals surface area contributed by atoms with Crippen LogP contribution in [0.3, 0.4) is 0 Å². The number of hydrogen-bond donors (Lipinski definition) is 2. The summed E-state index contributed by atoms with van der Waals surface area (Å²) in [5.74, 6) is -0.727. The van der Waals surface area contributed by atoms with Crippen molar-refractivity contribution in [2.24, 2.45) is 0 Å². The monoisotopic (exact) mass is 521 g/mol. The Morgan fingerprint density at radius 1 is 1.14 bits per heavy atom. The normalized spacial score (nSPS) is 14.4. The van der Waals surface area contributed by atoms with E-state index in [1.165, 1.54) is 25.0 Å². The van der Waals surface area contributed by atoms with Gasteiger partial charge in [0.05, 0.1) is 19.3 Å². The zero-order valence-electron chi connectivity index (χ0n) is 23.3. The number of aliphatic hydroxyl groups is 1. The molecule has 0 aromatic heterocycles. The SMILES string of the molecule is CCC(O/C=C\NC)N(C[C@H](OCC(C)O)c1ccccc1)C(=O)N(C=O)C(C)(C)C(=O)OC(C)(C)C. The van der Waals surface area contributed by atoms with Gasteiger partial charge >= 0.3 is 12.0 Å². The van der Waals surface area contributed by atoms with Crippen LogP contribution in [0.4, 0.5) is 4.79 Å². The quantitative estimate of drug-likeness (QED) is 0.165. The number of hydrogen-bond acceptors (Lipinski definition) is 8. The zero-order chi connectivity index (χ0) is 28.2. The fourth-order valence-corrected chi connectivity index (χ4v) is 3.32. The number of nitrogens with zero attached hydrogens (tertiary/aromatic N) is 2. The summed E-state index contributed by atoms with van der Waals surface area (Å²) in [4.78, 5) is 41.3. The number of nitrogens with one attached hydrogen (secondary N) is 1. The fourth-order valence-electron chi connectivity index (χ4n) is 3.32. The molecule has 1 aromatic rings. The Morgan fingerprint density at radius 2 is 1.76 bits per heavy atom. The summed E-state index contributed by atoms with van der Waals surface area (Å²) in [6, 6.07) is 8.48. The lowest BCUT2D eigenvalue weighted by atomic mass is 10.0. The van der Waals surface area contributed by atoms with Crippen LogP contribution in [0.1, 0.15) is 66.6 Å². The molecule has 0 saturated carbocycles. The van der Waals surface area contributed by atoms with Crippen molar-refractivity contribution in [1.82, 2.24) is 15.1 Å². The minimum absolute atomic E-state index is 0.0177. The Morgan fingerprint density at radius 3 is 2.24 bits per heavy atom. The van der Waals surface area contributed by atoms with Gasteiger partial charge in [-0.25, -0.2) is 9.59 Å². The smallest absolute Gasteiger partial charge is 0.332 e. The third-order valence-electron chi connectivity index (χ3n) is 5.30. The number of imide groups is 1. The van der Waals surface area contributed by atoms with E-state index in [-0.39, 0.29) is 13.2 Å². The summed E-state index contributed by atoms with van der Waals surface area (Å²) in [6.07, 6.45) is 1.49. The van der Waals surface area contributed by atoms with Gasteiger partial charge in [0.1, 0.15) is 23.5 Å². The van der Waals surface area contributed by atoms with E-state index in [0.717, 1.165) is 10.5 Å². The number of urea groups is 1. The van der Waals surface area contributed by atoms with Crippen molar-refractivity contribution >= 4 is 18.4 Å². The van der Waals surface area contributed by atoms with Gasteiger partial charge in [-0.15, -0.1) is 0 Å². The van der Waals surface area contributed by atoms with E-state index >= 15 is 0 Å². The fraction of sp³-hybridized carbons (Fsp3) is 0.593. The molecule has 0 spiro atoms. The predicted molar refractivity (Wildman–Crippen MR) is 140 cm³/mol. The van der Waals surface area contributed by atoms with Gasteiger partial charge in [0, 0.05) is 19.7 Å². The van der Waals surface area contributed by atoms with Gasteiger partial charge in [-0.2, -0.15) is 0 Å². The van der Waals surface area contributed by atoms with E-state index in [1.54, 1.807) is 40.9 Å². The molecule has 0 radical (unpaired) electrons. The molecule has 1 rings (SSSR count). The second-order valence-electron chi connectivity index (χ2n) is 10.1. The summed E-state index contributed by atoms with van der Waals surface area (Å²) in [5.41, 5.74) is -1.65. The van der Waals surface area contributed by atoms with E-state index in [0.29, 0.717) is 12.8 Å². The van der Waals surface area contributed by atoms with Crippen molar-refractivity contribution in [2.45, 2.75) is 84.5 Å². The first kappa shape index (κ1) is 31.9. The molecule has 0 heterocycles. The highest BCUT2D eigenvalue weighted by atomic mass is 16.6. The van der Waals surface area contributed by atoms with Crippen LogP contribution in [0.2, 0.25) is 0 Å². The molecule has 0 aliphatic carbocycles. The van der Waals surface area contributed by atoms with Gasteiger partial charge in [0.25, 0.3) is 0 Å². The van der Waals surface area contributed by atoms with Crippen LogP contribution in [-0.2, 0) is 23.8 Å². The molecule has 0 aliphatic rings. The maximum atomic E-state index is 13.9. The van der Waals surface area contributed by atoms with Crippen molar-refractivity contribution < 1.29 is 33.7 Å². The molecule has 2 unspecified atom stereocenters.